The standard InChI is InChI=1S/C25H32N4O4/c1-32-19-25-9-4-5-14-28(24(31)22-26-12-6-13-27-22)17-18-33-21-8-3-2-7-20(21)23(30)29(15-10-25)16-11-25/h2-3,6-8,12-13H,4-5,9-11,14-19H2,1H3. The molecule has 8 nitrogen and oxygen atoms in total. The van der Waals surface area contributed by atoms with Gasteiger partial charge in [-0.25, -0.2) is 9.97 Å². The van der Waals surface area contributed by atoms with Crippen LogP contribution >= 0.6 is 0 Å². The highest BCUT2D eigenvalue weighted by Gasteiger charge is 2.36. The maximum atomic E-state index is 13.3. The van der Waals surface area contributed by atoms with E-state index in [1.54, 1.807) is 30.5 Å². The molecular formula is C25H32N4O4. The Hall–Kier alpha value is -3.00. The van der Waals surface area contributed by atoms with Crippen molar-refractivity contribution in [3.05, 3.63) is 54.1 Å². The molecular weight excluding hydrogens is 420 g/mol. The van der Waals surface area contributed by atoms with Gasteiger partial charge in [0.2, 0.25) is 5.82 Å². The molecule has 0 radical (unpaired) electrons. The number of aromatic nitrogens is 2. The van der Waals surface area contributed by atoms with Crippen LogP contribution < -0.4 is 4.74 Å². The normalized spacial score (nSPS) is 19.2. The van der Waals surface area contributed by atoms with Gasteiger partial charge in [0, 0.05) is 39.1 Å². The van der Waals surface area contributed by atoms with Crippen molar-refractivity contribution in [3.63, 3.8) is 0 Å². The summed E-state index contributed by atoms with van der Waals surface area (Å²) in [6, 6.07) is 9.04. The number of ether oxygens (including phenoxy) is 2. The summed E-state index contributed by atoms with van der Waals surface area (Å²) in [7, 11) is 1.75. The van der Waals surface area contributed by atoms with Crippen LogP contribution in [0.5, 0.6) is 5.75 Å². The number of benzene rings is 1. The van der Waals surface area contributed by atoms with E-state index in [4.69, 9.17) is 9.47 Å². The largest absolute Gasteiger partial charge is 0.491 e. The Labute approximate surface area is 194 Å². The van der Waals surface area contributed by atoms with Crippen LogP contribution in [0.15, 0.2) is 42.7 Å². The molecule has 2 aromatic rings. The van der Waals surface area contributed by atoms with Gasteiger partial charge in [-0.3, -0.25) is 9.59 Å². The molecule has 1 saturated heterocycles. The predicted molar refractivity (Wildman–Crippen MR) is 123 cm³/mol. The number of hydrogen-bond donors (Lipinski definition) is 0. The van der Waals surface area contributed by atoms with Gasteiger partial charge in [0.25, 0.3) is 11.8 Å². The van der Waals surface area contributed by atoms with Crippen molar-refractivity contribution in [1.29, 1.82) is 0 Å². The molecule has 176 valence electrons. The van der Waals surface area contributed by atoms with Gasteiger partial charge < -0.3 is 19.3 Å². The van der Waals surface area contributed by atoms with E-state index in [9.17, 15) is 9.59 Å². The van der Waals surface area contributed by atoms with E-state index in [2.05, 4.69) is 9.97 Å². The van der Waals surface area contributed by atoms with Gasteiger partial charge in [-0.15, -0.1) is 0 Å². The summed E-state index contributed by atoms with van der Waals surface area (Å²) in [4.78, 5) is 38.3. The number of carbonyl (C=O) groups is 2. The minimum absolute atomic E-state index is 0.00268. The molecule has 5 rings (SSSR count). The topological polar surface area (TPSA) is 84.9 Å². The molecule has 0 saturated carbocycles. The van der Waals surface area contributed by atoms with E-state index in [0.29, 0.717) is 44.1 Å². The maximum Gasteiger partial charge on any atom is 0.291 e. The van der Waals surface area contributed by atoms with Crippen LogP contribution in [0.25, 0.3) is 0 Å². The summed E-state index contributed by atoms with van der Waals surface area (Å²) in [6.45, 7) is 3.41. The number of rotatable bonds is 3. The number of hydrogen-bond acceptors (Lipinski definition) is 6. The minimum Gasteiger partial charge on any atom is -0.491 e. The molecule has 1 aromatic carbocycles. The highest BCUT2D eigenvalue weighted by atomic mass is 16.5. The van der Waals surface area contributed by atoms with E-state index in [1.807, 2.05) is 29.2 Å². The molecule has 3 aliphatic rings. The van der Waals surface area contributed by atoms with Crippen molar-refractivity contribution >= 4 is 11.8 Å². The molecule has 0 spiro atoms. The molecule has 4 heterocycles. The second-order valence-electron chi connectivity index (χ2n) is 8.89. The lowest BCUT2D eigenvalue weighted by atomic mass is 9.75. The average Bonchev–Trinajstić information content (AvgIpc) is 2.86. The highest BCUT2D eigenvalue weighted by molar-refractivity contribution is 5.97. The molecule has 3 aliphatic heterocycles. The molecule has 0 N–H and O–H groups in total. The van der Waals surface area contributed by atoms with Gasteiger partial charge in [0.05, 0.1) is 18.7 Å². The van der Waals surface area contributed by atoms with Crippen LogP contribution in [0, 0.1) is 5.41 Å². The van der Waals surface area contributed by atoms with E-state index < -0.39 is 0 Å². The SMILES string of the molecule is COCC12CCCCN(C(=O)c3ncccn3)CCOc3ccccc3C(=O)N(CC1)CC2. The van der Waals surface area contributed by atoms with Gasteiger partial charge in [-0.1, -0.05) is 18.6 Å². The van der Waals surface area contributed by atoms with Crippen LogP contribution in [-0.4, -0.2) is 78.1 Å². The summed E-state index contributed by atoms with van der Waals surface area (Å²) in [5.74, 6) is 0.534. The smallest absolute Gasteiger partial charge is 0.291 e. The van der Waals surface area contributed by atoms with Crippen molar-refractivity contribution in [3.8, 4) is 5.75 Å². The molecule has 1 aromatic heterocycles. The Kier molecular flexibility index (Phi) is 7.54. The number of fused-ring (bicyclic) bond motifs is 9. The number of piperidine rings is 1. The first kappa shape index (κ1) is 23.2. The summed E-state index contributed by atoms with van der Waals surface area (Å²) >= 11 is 0. The third kappa shape index (κ3) is 5.50. The first-order valence-corrected chi connectivity index (χ1v) is 11.7. The molecule has 33 heavy (non-hydrogen) atoms. The zero-order valence-corrected chi connectivity index (χ0v) is 19.2. The number of nitrogens with zero attached hydrogens (tertiary/aromatic N) is 4. The van der Waals surface area contributed by atoms with E-state index in [0.717, 1.165) is 32.1 Å². The van der Waals surface area contributed by atoms with Gasteiger partial charge >= 0.3 is 0 Å². The fourth-order valence-electron chi connectivity index (χ4n) is 4.83. The Morgan fingerprint density at radius 3 is 2.55 bits per heavy atom. The predicted octanol–water partition coefficient (Wildman–Crippen LogP) is 3.05. The molecule has 0 unspecified atom stereocenters. The summed E-state index contributed by atoms with van der Waals surface area (Å²) in [6.07, 6.45) is 7.85. The Bertz CT molecular complexity index is 944. The maximum absolute atomic E-state index is 13.3. The molecule has 0 atom stereocenters. The molecule has 2 bridgehead atoms. The molecule has 8 heteroatoms. The Morgan fingerprint density at radius 1 is 1.03 bits per heavy atom. The van der Waals surface area contributed by atoms with Crippen molar-refractivity contribution in [1.82, 2.24) is 19.8 Å². The van der Waals surface area contributed by atoms with Crippen LogP contribution in [0.4, 0.5) is 0 Å². The van der Waals surface area contributed by atoms with Crippen LogP contribution in [-0.2, 0) is 4.74 Å². The summed E-state index contributed by atoms with van der Waals surface area (Å²) in [5.41, 5.74) is 0.634. The molecule has 1 fully saturated rings. The fourth-order valence-corrected chi connectivity index (χ4v) is 4.83. The zero-order chi connectivity index (χ0) is 23.1. The summed E-state index contributed by atoms with van der Waals surface area (Å²) in [5, 5.41) is 0. The molecule has 2 amide bonds. The number of amides is 2. The fraction of sp³-hybridized carbons (Fsp3) is 0.520. The number of carbonyl (C=O) groups excluding carboxylic acids is 2. The van der Waals surface area contributed by atoms with Crippen molar-refractivity contribution in [2.24, 2.45) is 5.41 Å². The van der Waals surface area contributed by atoms with Gasteiger partial charge in [0.1, 0.15) is 12.4 Å². The number of para-hydroxylation sites is 1. The lowest BCUT2D eigenvalue weighted by Crippen LogP contribution is -2.45. The van der Waals surface area contributed by atoms with Crippen LogP contribution in [0.3, 0.4) is 0 Å². The van der Waals surface area contributed by atoms with Gasteiger partial charge in [-0.2, -0.15) is 0 Å². The van der Waals surface area contributed by atoms with E-state index in [-0.39, 0.29) is 29.7 Å². The van der Waals surface area contributed by atoms with Crippen LogP contribution in [0.2, 0.25) is 0 Å². The van der Waals surface area contributed by atoms with Gasteiger partial charge in [-0.05, 0) is 49.3 Å². The van der Waals surface area contributed by atoms with E-state index >= 15 is 0 Å². The zero-order valence-electron chi connectivity index (χ0n) is 19.2. The average molecular weight is 453 g/mol. The third-order valence-corrected chi connectivity index (χ3v) is 6.73. The lowest BCUT2D eigenvalue weighted by Gasteiger charge is -2.41. The highest BCUT2D eigenvalue weighted by Crippen LogP contribution is 2.38. The number of methoxy groups -OCH3 is 1. The quantitative estimate of drug-likeness (QED) is 0.712. The van der Waals surface area contributed by atoms with Crippen molar-refractivity contribution in [2.75, 3.05) is 46.5 Å². The summed E-state index contributed by atoms with van der Waals surface area (Å²) < 4.78 is 11.6. The van der Waals surface area contributed by atoms with Crippen molar-refractivity contribution in [2.45, 2.75) is 32.1 Å². The molecule has 0 aliphatic carbocycles. The van der Waals surface area contributed by atoms with Gasteiger partial charge in [0.15, 0.2) is 0 Å². The Morgan fingerprint density at radius 2 is 1.79 bits per heavy atom. The monoisotopic (exact) mass is 452 g/mol. The van der Waals surface area contributed by atoms with E-state index in [1.165, 1.54) is 0 Å². The lowest BCUT2D eigenvalue weighted by molar-refractivity contribution is 0.0136. The van der Waals surface area contributed by atoms with Crippen LogP contribution in [0.1, 0.15) is 53.1 Å². The Balaban J connectivity index is 1.57. The first-order valence-electron chi connectivity index (χ1n) is 11.7. The minimum atomic E-state index is -0.202. The second kappa shape index (κ2) is 10.7. The van der Waals surface area contributed by atoms with Crippen molar-refractivity contribution < 1.29 is 19.1 Å². The third-order valence-electron chi connectivity index (χ3n) is 6.73. The first-order chi connectivity index (χ1) is 16.1. The second-order valence-corrected chi connectivity index (χ2v) is 8.89.